The van der Waals surface area contributed by atoms with E-state index in [4.69, 9.17) is 4.74 Å². The molecule has 0 unspecified atom stereocenters. The molecule has 0 aliphatic heterocycles. The van der Waals surface area contributed by atoms with Gasteiger partial charge >= 0.3 is 0 Å². The van der Waals surface area contributed by atoms with Crippen molar-refractivity contribution in [2.45, 2.75) is 39.4 Å². The van der Waals surface area contributed by atoms with Crippen molar-refractivity contribution < 1.29 is 14.6 Å². The lowest BCUT2D eigenvalue weighted by Gasteiger charge is -2.30. The van der Waals surface area contributed by atoms with Crippen LogP contribution < -0.4 is 0 Å². The second-order valence-electron chi connectivity index (χ2n) is 5.72. The molecule has 0 aromatic heterocycles. The molecule has 1 aromatic rings. The fourth-order valence-corrected chi connectivity index (χ4v) is 1.84. The molecular formula is C17H24O3. The number of carbonyl (C=O) groups excluding carboxylic acids is 1. The summed E-state index contributed by atoms with van der Waals surface area (Å²) in [5, 5.41) is 10.1. The van der Waals surface area contributed by atoms with Crippen molar-refractivity contribution in [3.05, 3.63) is 48.6 Å². The molecule has 1 aromatic carbocycles. The Morgan fingerprint density at radius 2 is 2.05 bits per heavy atom. The molecule has 0 heterocycles. The molecule has 0 saturated heterocycles. The van der Waals surface area contributed by atoms with E-state index >= 15 is 0 Å². The van der Waals surface area contributed by atoms with Crippen molar-refractivity contribution >= 4 is 5.78 Å². The summed E-state index contributed by atoms with van der Waals surface area (Å²) < 4.78 is 5.66. The highest BCUT2D eigenvalue weighted by atomic mass is 16.5. The Balaban J connectivity index is 2.40. The van der Waals surface area contributed by atoms with E-state index in [1.165, 1.54) is 0 Å². The van der Waals surface area contributed by atoms with Crippen molar-refractivity contribution in [1.82, 2.24) is 0 Å². The molecule has 0 amide bonds. The molecule has 0 aliphatic carbocycles. The van der Waals surface area contributed by atoms with Gasteiger partial charge in [-0.2, -0.15) is 0 Å². The van der Waals surface area contributed by atoms with Gasteiger partial charge in [0.25, 0.3) is 0 Å². The Morgan fingerprint density at radius 1 is 1.40 bits per heavy atom. The van der Waals surface area contributed by atoms with Gasteiger partial charge in [0, 0.05) is 18.3 Å². The zero-order valence-corrected chi connectivity index (χ0v) is 12.3. The van der Waals surface area contributed by atoms with Gasteiger partial charge < -0.3 is 9.84 Å². The second-order valence-corrected chi connectivity index (χ2v) is 5.72. The largest absolute Gasteiger partial charge is 0.392 e. The summed E-state index contributed by atoms with van der Waals surface area (Å²) >= 11 is 0. The fourth-order valence-electron chi connectivity index (χ4n) is 1.84. The van der Waals surface area contributed by atoms with Gasteiger partial charge in [-0.15, -0.1) is 6.58 Å². The van der Waals surface area contributed by atoms with E-state index in [0.717, 1.165) is 5.56 Å². The molecule has 1 N–H and O–H groups in total. The van der Waals surface area contributed by atoms with E-state index in [9.17, 15) is 9.90 Å². The smallest absolute Gasteiger partial charge is 0.139 e. The van der Waals surface area contributed by atoms with Crippen LogP contribution in [0.4, 0.5) is 0 Å². The van der Waals surface area contributed by atoms with Gasteiger partial charge in [-0.3, -0.25) is 4.79 Å². The summed E-state index contributed by atoms with van der Waals surface area (Å²) in [4.78, 5) is 11.5. The number of hydrogen-bond acceptors (Lipinski definition) is 3. The highest BCUT2D eigenvalue weighted by Crippen LogP contribution is 2.24. The van der Waals surface area contributed by atoms with Gasteiger partial charge in [0.1, 0.15) is 5.78 Å². The van der Waals surface area contributed by atoms with Crippen LogP contribution in [0.2, 0.25) is 0 Å². The van der Waals surface area contributed by atoms with Gasteiger partial charge in [-0.05, 0) is 5.56 Å². The lowest BCUT2D eigenvalue weighted by molar-refractivity contribution is -0.123. The number of benzene rings is 1. The summed E-state index contributed by atoms with van der Waals surface area (Å²) in [7, 11) is 0. The predicted octanol–water partition coefficient (Wildman–Crippen LogP) is 3.13. The Kier molecular flexibility index (Phi) is 6.62. The van der Waals surface area contributed by atoms with Gasteiger partial charge in [0.05, 0.1) is 19.3 Å². The van der Waals surface area contributed by atoms with Crippen LogP contribution in [0, 0.1) is 5.41 Å². The average Bonchev–Trinajstić information content (AvgIpc) is 2.40. The summed E-state index contributed by atoms with van der Waals surface area (Å²) in [6, 6.07) is 9.88. The summed E-state index contributed by atoms with van der Waals surface area (Å²) in [5.74, 6) is 0.00337. The lowest BCUT2D eigenvalue weighted by Crippen LogP contribution is -2.35. The Morgan fingerprint density at radius 3 is 2.65 bits per heavy atom. The van der Waals surface area contributed by atoms with Crippen molar-refractivity contribution in [3.63, 3.8) is 0 Å². The minimum absolute atomic E-state index is 0.00337. The molecule has 110 valence electrons. The van der Waals surface area contributed by atoms with E-state index in [1.807, 2.05) is 44.2 Å². The third-order valence-corrected chi connectivity index (χ3v) is 3.28. The number of aliphatic hydroxyl groups is 1. The van der Waals surface area contributed by atoms with Crippen molar-refractivity contribution in [2.24, 2.45) is 5.41 Å². The standard InChI is InChI=1S/C17H24O3/c1-4-8-15(18)11-16(19)17(2,3)13-20-12-14-9-6-5-7-10-14/h4-7,9-10,16,19H,1,8,11-13H2,2-3H3/t16-/m1/s1. The van der Waals surface area contributed by atoms with Crippen molar-refractivity contribution in [2.75, 3.05) is 6.61 Å². The van der Waals surface area contributed by atoms with Crippen LogP contribution >= 0.6 is 0 Å². The van der Waals surface area contributed by atoms with E-state index in [1.54, 1.807) is 6.08 Å². The minimum atomic E-state index is -0.703. The van der Waals surface area contributed by atoms with Crippen LogP contribution in [-0.2, 0) is 16.1 Å². The highest BCUT2D eigenvalue weighted by molar-refractivity contribution is 5.80. The third kappa shape index (κ3) is 5.68. The van der Waals surface area contributed by atoms with Crippen molar-refractivity contribution in [3.8, 4) is 0 Å². The predicted molar refractivity (Wildman–Crippen MR) is 80.3 cm³/mol. The topological polar surface area (TPSA) is 46.5 Å². The van der Waals surface area contributed by atoms with Gasteiger partial charge in [0.15, 0.2) is 0 Å². The first kappa shape index (κ1) is 16.6. The fraction of sp³-hybridized carbons (Fsp3) is 0.471. The molecule has 0 bridgehead atoms. The van der Waals surface area contributed by atoms with E-state index in [2.05, 4.69) is 6.58 Å². The molecule has 0 aliphatic rings. The molecule has 3 heteroatoms. The molecule has 1 rings (SSSR count). The maximum absolute atomic E-state index is 11.5. The molecule has 0 spiro atoms. The third-order valence-electron chi connectivity index (χ3n) is 3.28. The molecular weight excluding hydrogens is 252 g/mol. The van der Waals surface area contributed by atoms with Crippen LogP contribution in [0.25, 0.3) is 0 Å². The van der Waals surface area contributed by atoms with Gasteiger partial charge in [0.2, 0.25) is 0 Å². The highest BCUT2D eigenvalue weighted by Gasteiger charge is 2.29. The molecule has 0 saturated carbocycles. The minimum Gasteiger partial charge on any atom is -0.392 e. The molecule has 20 heavy (non-hydrogen) atoms. The molecule has 0 radical (unpaired) electrons. The van der Waals surface area contributed by atoms with Gasteiger partial charge in [-0.25, -0.2) is 0 Å². The Hall–Kier alpha value is -1.45. The van der Waals surface area contributed by atoms with E-state index in [0.29, 0.717) is 19.6 Å². The molecule has 1 atom stereocenters. The number of ketones is 1. The second kappa shape index (κ2) is 7.98. The van der Waals surface area contributed by atoms with Crippen LogP contribution in [0.1, 0.15) is 32.3 Å². The van der Waals surface area contributed by atoms with Crippen LogP contribution in [-0.4, -0.2) is 23.6 Å². The maximum atomic E-state index is 11.5. The monoisotopic (exact) mass is 276 g/mol. The normalized spacial score (nSPS) is 12.9. The van der Waals surface area contributed by atoms with E-state index < -0.39 is 11.5 Å². The van der Waals surface area contributed by atoms with Crippen LogP contribution in [0.15, 0.2) is 43.0 Å². The first-order valence-electron chi connectivity index (χ1n) is 6.88. The summed E-state index contributed by atoms with van der Waals surface area (Å²) in [6.07, 6.45) is 1.31. The average molecular weight is 276 g/mol. The number of hydrogen-bond donors (Lipinski definition) is 1. The SMILES string of the molecule is C=CCC(=O)C[C@@H](O)C(C)(C)COCc1ccccc1. The van der Waals surface area contributed by atoms with E-state index in [-0.39, 0.29) is 12.2 Å². The first-order chi connectivity index (χ1) is 9.45. The van der Waals surface area contributed by atoms with Gasteiger partial charge in [-0.1, -0.05) is 50.3 Å². The number of Topliss-reactive ketones (excluding diaryl/α,β-unsaturated/α-hetero) is 1. The first-order valence-corrected chi connectivity index (χ1v) is 6.88. The number of allylic oxidation sites excluding steroid dienone is 1. The molecule has 3 nitrogen and oxygen atoms in total. The number of rotatable bonds is 9. The van der Waals surface area contributed by atoms with Crippen LogP contribution in [0.3, 0.4) is 0 Å². The number of ether oxygens (including phenoxy) is 1. The van der Waals surface area contributed by atoms with Crippen molar-refractivity contribution in [1.29, 1.82) is 0 Å². The quantitative estimate of drug-likeness (QED) is 0.705. The Bertz CT molecular complexity index is 423. The van der Waals surface area contributed by atoms with Crippen LogP contribution in [0.5, 0.6) is 0 Å². The summed E-state index contributed by atoms with van der Waals surface area (Å²) in [5.41, 5.74) is 0.645. The lowest BCUT2D eigenvalue weighted by atomic mass is 9.84. The maximum Gasteiger partial charge on any atom is 0.139 e. The number of aliphatic hydroxyl groups excluding tert-OH is 1. The zero-order valence-electron chi connectivity index (χ0n) is 12.3. The zero-order chi connectivity index (χ0) is 15.0. The summed E-state index contributed by atoms with van der Waals surface area (Å²) in [6.45, 7) is 8.26. The Labute approximate surface area is 121 Å². The number of carbonyl (C=O) groups is 1. The molecule has 0 fully saturated rings.